The van der Waals surface area contributed by atoms with Crippen LogP contribution in [0.3, 0.4) is 0 Å². The summed E-state index contributed by atoms with van der Waals surface area (Å²) in [5.74, 6) is 0.509. The number of benzene rings is 1. The van der Waals surface area contributed by atoms with Crippen molar-refractivity contribution in [1.82, 2.24) is 10.3 Å². The van der Waals surface area contributed by atoms with Crippen LogP contribution in [0.5, 0.6) is 17.4 Å². The minimum absolute atomic E-state index is 0.230. The van der Waals surface area contributed by atoms with Gasteiger partial charge in [-0.05, 0) is 32.0 Å². The summed E-state index contributed by atoms with van der Waals surface area (Å²) in [7, 11) is 1.44. The van der Waals surface area contributed by atoms with E-state index in [1.54, 1.807) is 38.1 Å². The summed E-state index contributed by atoms with van der Waals surface area (Å²) < 4.78 is 10.9. The van der Waals surface area contributed by atoms with Gasteiger partial charge in [-0.25, -0.2) is 14.7 Å². The maximum Gasteiger partial charge on any atom is 0.329 e. The van der Waals surface area contributed by atoms with Crippen LogP contribution in [-0.4, -0.2) is 29.6 Å². The van der Waals surface area contributed by atoms with Crippen molar-refractivity contribution in [2.75, 3.05) is 12.0 Å². The highest BCUT2D eigenvalue weighted by atomic mass is 16.5. The lowest BCUT2D eigenvalue weighted by atomic mass is 10.1. The zero-order valence-corrected chi connectivity index (χ0v) is 14.4. The third kappa shape index (κ3) is 2.91. The van der Waals surface area contributed by atoms with E-state index in [0.717, 1.165) is 4.90 Å². The number of imide groups is 1. The molecule has 0 saturated carbocycles. The Kier molecular flexibility index (Phi) is 4.22. The molecular formula is C18H16N4O4. The van der Waals surface area contributed by atoms with Gasteiger partial charge >= 0.3 is 6.03 Å². The lowest BCUT2D eigenvalue weighted by molar-refractivity contribution is -0.121. The molecule has 26 heavy (non-hydrogen) atoms. The molecule has 1 saturated heterocycles. The number of amides is 3. The van der Waals surface area contributed by atoms with Gasteiger partial charge in [-0.3, -0.25) is 4.79 Å². The molecule has 0 spiro atoms. The van der Waals surface area contributed by atoms with E-state index in [1.165, 1.54) is 19.4 Å². The van der Waals surface area contributed by atoms with Gasteiger partial charge in [0.1, 0.15) is 11.6 Å². The molecule has 0 bridgehead atoms. The van der Waals surface area contributed by atoms with Crippen molar-refractivity contribution in [2.24, 2.45) is 0 Å². The molecule has 8 nitrogen and oxygen atoms in total. The van der Waals surface area contributed by atoms with Gasteiger partial charge < -0.3 is 14.8 Å². The van der Waals surface area contributed by atoms with Crippen molar-refractivity contribution >= 4 is 17.6 Å². The maximum atomic E-state index is 12.3. The summed E-state index contributed by atoms with van der Waals surface area (Å²) in [6.07, 6.45) is 1.37. The Balaban J connectivity index is 1.85. The van der Waals surface area contributed by atoms with E-state index >= 15 is 0 Å². The highest BCUT2D eigenvalue weighted by Gasteiger charge is 2.45. The van der Waals surface area contributed by atoms with Crippen LogP contribution < -0.4 is 19.7 Å². The third-order valence-electron chi connectivity index (χ3n) is 3.86. The van der Waals surface area contributed by atoms with Crippen LogP contribution in [0, 0.1) is 11.3 Å². The lowest BCUT2D eigenvalue weighted by Crippen LogP contribution is -2.40. The van der Waals surface area contributed by atoms with E-state index in [4.69, 9.17) is 14.7 Å². The molecule has 3 rings (SSSR count). The van der Waals surface area contributed by atoms with Gasteiger partial charge in [0, 0.05) is 6.07 Å². The van der Waals surface area contributed by atoms with Gasteiger partial charge in [0.2, 0.25) is 5.88 Å². The molecule has 0 aliphatic carbocycles. The topological polar surface area (TPSA) is 105 Å². The Morgan fingerprint density at radius 1 is 1.23 bits per heavy atom. The number of hydrogen-bond acceptors (Lipinski definition) is 6. The molecule has 0 unspecified atom stereocenters. The Morgan fingerprint density at radius 2 is 2.00 bits per heavy atom. The number of nitrogens with zero attached hydrogens (tertiary/aromatic N) is 3. The van der Waals surface area contributed by atoms with Gasteiger partial charge in [0.25, 0.3) is 5.91 Å². The molecule has 0 atom stereocenters. The molecule has 2 aromatic rings. The van der Waals surface area contributed by atoms with Crippen LogP contribution in [0.1, 0.15) is 19.4 Å². The molecular weight excluding hydrogens is 336 g/mol. The number of para-hydroxylation sites is 1. The summed E-state index contributed by atoms with van der Waals surface area (Å²) in [5.41, 5.74) is -0.288. The van der Waals surface area contributed by atoms with Gasteiger partial charge in [-0.15, -0.1) is 0 Å². The van der Waals surface area contributed by atoms with E-state index < -0.39 is 11.6 Å². The number of rotatable bonds is 4. The third-order valence-corrected chi connectivity index (χ3v) is 3.86. The van der Waals surface area contributed by atoms with Crippen molar-refractivity contribution < 1.29 is 19.1 Å². The van der Waals surface area contributed by atoms with E-state index in [9.17, 15) is 9.59 Å². The van der Waals surface area contributed by atoms with Gasteiger partial charge in [0.05, 0.1) is 24.6 Å². The fourth-order valence-corrected chi connectivity index (χ4v) is 2.56. The predicted octanol–water partition coefficient (Wildman–Crippen LogP) is 2.59. The van der Waals surface area contributed by atoms with E-state index in [2.05, 4.69) is 10.3 Å². The van der Waals surface area contributed by atoms with Gasteiger partial charge in [-0.2, -0.15) is 5.26 Å². The summed E-state index contributed by atoms with van der Waals surface area (Å²) in [6.45, 7) is 3.26. The number of carbonyl (C=O) groups excluding carboxylic acids is 2. The first-order chi connectivity index (χ1) is 12.4. The minimum Gasteiger partial charge on any atom is -0.492 e. The van der Waals surface area contributed by atoms with E-state index in [-0.39, 0.29) is 11.8 Å². The fraction of sp³-hybridized carbons (Fsp3) is 0.222. The number of methoxy groups -OCH3 is 1. The molecule has 1 fully saturated rings. The van der Waals surface area contributed by atoms with Crippen LogP contribution >= 0.6 is 0 Å². The number of pyridine rings is 1. The van der Waals surface area contributed by atoms with Crippen LogP contribution in [0.15, 0.2) is 36.5 Å². The molecule has 0 radical (unpaired) electrons. The number of anilines is 1. The van der Waals surface area contributed by atoms with Crippen LogP contribution in [-0.2, 0) is 4.79 Å². The number of hydrogen-bond donors (Lipinski definition) is 1. The van der Waals surface area contributed by atoms with Crippen molar-refractivity contribution in [2.45, 2.75) is 19.4 Å². The maximum absolute atomic E-state index is 12.3. The first-order valence-corrected chi connectivity index (χ1v) is 7.75. The average Bonchev–Trinajstić information content (AvgIpc) is 2.82. The number of ether oxygens (including phenoxy) is 2. The van der Waals surface area contributed by atoms with Crippen molar-refractivity contribution in [3.05, 3.63) is 42.1 Å². The molecule has 8 heteroatoms. The molecule has 1 aliphatic heterocycles. The molecule has 3 amide bonds. The van der Waals surface area contributed by atoms with Gasteiger partial charge in [0.15, 0.2) is 11.5 Å². The highest BCUT2D eigenvalue weighted by molar-refractivity contribution is 6.22. The Labute approximate surface area is 150 Å². The first kappa shape index (κ1) is 17.2. The monoisotopic (exact) mass is 352 g/mol. The van der Waals surface area contributed by atoms with E-state index in [1.807, 2.05) is 6.07 Å². The zero-order chi connectivity index (χ0) is 18.9. The van der Waals surface area contributed by atoms with Crippen LogP contribution in [0.4, 0.5) is 10.5 Å². The van der Waals surface area contributed by atoms with E-state index in [0.29, 0.717) is 22.7 Å². The second-order valence-corrected chi connectivity index (χ2v) is 6.10. The summed E-state index contributed by atoms with van der Waals surface area (Å²) in [4.78, 5) is 29.5. The number of aromatic nitrogens is 1. The largest absolute Gasteiger partial charge is 0.492 e. The first-order valence-electron chi connectivity index (χ1n) is 7.75. The van der Waals surface area contributed by atoms with Crippen LogP contribution in [0.2, 0.25) is 0 Å². The molecule has 1 aliphatic rings. The van der Waals surface area contributed by atoms with Gasteiger partial charge in [-0.1, -0.05) is 6.07 Å². The van der Waals surface area contributed by atoms with Crippen molar-refractivity contribution in [1.29, 1.82) is 5.26 Å². The second-order valence-electron chi connectivity index (χ2n) is 6.10. The fourth-order valence-electron chi connectivity index (χ4n) is 2.56. The standard InChI is InChI=1S/C18H16N4O4/c1-18(2)16(23)22(17(24)21-18)12-7-8-14(20-10-12)26-13-6-4-5-11(9-19)15(13)25-3/h4-8,10H,1-3H3,(H,21,24). The van der Waals surface area contributed by atoms with Crippen LogP contribution in [0.25, 0.3) is 0 Å². The SMILES string of the molecule is COc1c(C#N)cccc1Oc1ccc(N2C(=O)NC(C)(C)C2=O)cn1. The highest BCUT2D eigenvalue weighted by Crippen LogP contribution is 2.34. The molecule has 2 heterocycles. The Bertz CT molecular complexity index is 916. The Morgan fingerprint density at radius 3 is 2.54 bits per heavy atom. The smallest absolute Gasteiger partial charge is 0.329 e. The molecule has 1 aromatic heterocycles. The zero-order valence-electron chi connectivity index (χ0n) is 14.4. The number of nitriles is 1. The summed E-state index contributed by atoms with van der Waals surface area (Å²) in [5, 5.41) is 11.7. The minimum atomic E-state index is -0.961. The van der Waals surface area contributed by atoms with Crippen molar-refractivity contribution in [3.63, 3.8) is 0 Å². The van der Waals surface area contributed by atoms with Crippen molar-refractivity contribution in [3.8, 4) is 23.4 Å². The number of urea groups is 1. The lowest BCUT2D eigenvalue weighted by Gasteiger charge is -2.16. The quantitative estimate of drug-likeness (QED) is 0.848. The second kappa shape index (κ2) is 6.37. The average molecular weight is 352 g/mol. The summed E-state index contributed by atoms with van der Waals surface area (Å²) >= 11 is 0. The molecule has 1 N–H and O–H groups in total. The Hall–Kier alpha value is -3.60. The summed E-state index contributed by atoms with van der Waals surface area (Å²) in [6, 6.07) is 9.53. The normalized spacial score (nSPS) is 15.4. The number of nitrogens with one attached hydrogen (secondary N) is 1. The predicted molar refractivity (Wildman–Crippen MR) is 92.1 cm³/mol. The molecule has 1 aromatic carbocycles. The molecule has 132 valence electrons. The number of carbonyl (C=O) groups is 2.